The summed E-state index contributed by atoms with van der Waals surface area (Å²) in [4.78, 5) is 12.8. The standard InChI is InChI=1S/C27H27N5O3S/c1-18(2)14-25-30-31-27(36-25)29-26(33)19(16-28)15-20-17-32(22-9-5-4-8-21(20)22)12-13-35-24-11-7-6-10-23(24)34-3/h4-11,15,17-18H,12-14H2,1-3H3,(H,29,31,33)/b19-15-. The van der Waals surface area contributed by atoms with Gasteiger partial charge in [-0.25, -0.2) is 0 Å². The molecule has 0 bridgehead atoms. The first-order valence-electron chi connectivity index (χ1n) is 11.6. The van der Waals surface area contributed by atoms with E-state index in [1.54, 1.807) is 13.2 Å². The number of amides is 1. The molecule has 36 heavy (non-hydrogen) atoms. The van der Waals surface area contributed by atoms with E-state index >= 15 is 0 Å². The highest BCUT2D eigenvalue weighted by atomic mass is 32.1. The summed E-state index contributed by atoms with van der Waals surface area (Å²) in [7, 11) is 1.61. The average molecular weight is 502 g/mol. The van der Waals surface area contributed by atoms with Gasteiger partial charge in [0.1, 0.15) is 23.3 Å². The van der Waals surface area contributed by atoms with Gasteiger partial charge in [0.15, 0.2) is 11.5 Å². The molecule has 0 spiro atoms. The lowest BCUT2D eigenvalue weighted by Crippen LogP contribution is -2.13. The molecule has 0 saturated heterocycles. The molecule has 0 radical (unpaired) electrons. The third kappa shape index (κ3) is 5.90. The highest BCUT2D eigenvalue weighted by Crippen LogP contribution is 2.27. The van der Waals surface area contributed by atoms with Gasteiger partial charge >= 0.3 is 0 Å². The highest BCUT2D eigenvalue weighted by molar-refractivity contribution is 7.15. The summed E-state index contributed by atoms with van der Waals surface area (Å²) in [5.41, 5.74) is 1.74. The Balaban J connectivity index is 1.52. The molecule has 4 rings (SSSR count). The molecule has 4 aromatic rings. The number of carbonyl (C=O) groups excluding carboxylic acids is 1. The number of nitrogens with one attached hydrogen (secondary N) is 1. The molecule has 0 aliphatic heterocycles. The SMILES string of the molecule is COc1ccccc1OCCn1cc(/C=C(/C#N)C(=O)Nc2nnc(CC(C)C)s2)c2ccccc21. The van der Waals surface area contributed by atoms with Crippen molar-refractivity contribution >= 4 is 39.4 Å². The number of hydrogen-bond acceptors (Lipinski definition) is 7. The Morgan fingerprint density at radius 3 is 2.67 bits per heavy atom. The largest absolute Gasteiger partial charge is 0.493 e. The van der Waals surface area contributed by atoms with Crippen molar-refractivity contribution in [1.29, 1.82) is 5.26 Å². The minimum absolute atomic E-state index is 0.0104. The van der Waals surface area contributed by atoms with Crippen LogP contribution >= 0.6 is 11.3 Å². The zero-order chi connectivity index (χ0) is 25.5. The second-order valence-corrected chi connectivity index (χ2v) is 9.58. The van der Waals surface area contributed by atoms with E-state index in [2.05, 4.69) is 29.4 Å². The van der Waals surface area contributed by atoms with Crippen molar-refractivity contribution in [2.24, 2.45) is 5.92 Å². The first-order chi connectivity index (χ1) is 17.5. The summed E-state index contributed by atoms with van der Waals surface area (Å²) in [6.45, 7) is 5.18. The molecule has 0 fully saturated rings. The second kappa shape index (κ2) is 11.5. The zero-order valence-electron chi connectivity index (χ0n) is 20.4. The number of ether oxygens (including phenoxy) is 2. The number of methoxy groups -OCH3 is 1. The van der Waals surface area contributed by atoms with Crippen molar-refractivity contribution in [2.45, 2.75) is 26.8 Å². The van der Waals surface area contributed by atoms with E-state index in [-0.39, 0.29) is 5.57 Å². The van der Waals surface area contributed by atoms with Gasteiger partial charge in [0.2, 0.25) is 5.13 Å². The normalized spacial score (nSPS) is 11.5. The lowest BCUT2D eigenvalue weighted by molar-refractivity contribution is -0.112. The summed E-state index contributed by atoms with van der Waals surface area (Å²) in [6.07, 6.45) is 4.31. The van der Waals surface area contributed by atoms with Crippen molar-refractivity contribution in [3.63, 3.8) is 0 Å². The van der Waals surface area contributed by atoms with Crippen LogP contribution in [0.3, 0.4) is 0 Å². The van der Waals surface area contributed by atoms with Gasteiger partial charge < -0.3 is 14.0 Å². The molecule has 2 aromatic carbocycles. The summed E-state index contributed by atoms with van der Waals surface area (Å²) in [6, 6.07) is 17.4. The van der Waals surface area contributed by atoms with E-state index in [4.69, 9.17) is 9.47 Å². The molecule has 1 N–H and O–H groups in total. The Morgan fingerprint density at radius 1 is 1.17 bits per heavy atom. The summed E-state index contributed by atoms with van der Waals surface area (Å²) < 4.78 is 13.3. The minimum Gasteiger partial charge on any atom is -0.493 e. The maximum atomic E-state index is 12.8. The molecule has 2 aromatic heterocycles. The fraction of sp³-hybridized carbons (Fsp3) is 0.259. The van der Waals surface area contributed by atoms with Gasteiger partial charge in [0.05, 0.1) is 13.7 Å². The fourth-order valence-electron chi connectivity index (χ4n) is 3.77. The number of benzene rings is 2. The molecule has 9 heteroatoms. The van der Waals surface area contributed by atoms with E-state index in [0.717, 1.165) is 27.9 Å². The lowest BCUT2D eigenvalue weighted by Gasteiger charge is -2.11. The van der Waals surface area contributed by atoms with Gasteiger partial charge in [-0.3, -0.25) is 10.1 Å². The van der Waals surface area contributed by atoms with Crippen LogP contribution in [0.1, 0.15) is 24.4 Å². The number of nitriles is 1. The molecule has 0 unspecified atom stereocenters. The van der Waals surface area contributed by atoms with Crippen molar-refractivity contribution < 1.29 is 14.3 Å². The molecule has 8 nitrogen and oxygen atoms in total. The topological polar surface area (TPSA) is 102 Å². The van der Waals surface area contributed by atoms with Crippen LogP contribution in [0, 0.1) is 17.2 Å². The summed E-state index contributed by atoms with van der Waals surface area (Å²) in [5.74, 6) is 1.28. The van der Waals surface area contributed by atoms with Gasteiger partial charge in [0, 0.05) is 29.1 Å². The van der Waals surface area contributed by atoms with Crippen LogP contribution in [0.15, 0.2) is 60.3 Å². The van der Waals surface area contributed by atoms with Crippen molar-refractivity contribution in [2.75, 3.05) is 19.0 Å². The number of carbonyl (C=O) groups is 1. The van der Waals surface area contributed by atoms with Crippen LogP contribution in [0.4, 0.5) is 5.13 Å². The Bertz CT molecular complexity index is 1430. The van der Waals surface area contributed by atoms with E-state index < -0.39 is 5.91 Å². The molecule has 1 amide bonds. The number of fused-ring (bicyclic) bond motifs is 1. The number of nitrogens with zero attached hydrogens (tertiary/aromatic N) is 4. The highest BCUT2D eigenvalue weighted by Gasteiger charge is 2.15. The maximum Gasteiger partial charge on any atom is 0.268 e. The predicted molar refractivity (Wildman–Crippen MR) is 141 cm³/mol. The molecule has 0 saturated carbocycles. The smallest absolute Gasteiger partial charge is 0.268 e. The molecular weight excluding hydrogens is 474 g/mol. The van der Waals surface area contributed by atoms with Gasteiger partial charge in [-0.15, -0.1) is 10.2 Å². The molecule has 0 atom stereocenters. The van der Waals surface area contributed by atoms with Crippen LogP contribution in [-0.2, 0) is 17.8 Å². The molecule has 0 aliphatic rings. The summed E-state index contributed by atoms with van der Waals surface area (Å²) in [5, 5.41) is 22.7. The third-order valence-electron chi connectivity index (χ3n) is 5.41. The van der Waals surface area contributed by atoms with Crippen LogP contribution < -0.4 is 14.8 Å². The first kappa shape index (κ1) is 24.9. The van der Waals surface area contributed by atoms with Crippen LogP contribution in [0.2, 0.25) is 0 Å². The van der Waals surface area contributed by atoms with Gasteiger partial charge in [-0.2, -0.15) is 5.26 Å². The quantitative estimate of drug-likeness (QED) is 0.233. The summed E-state index contributed by atoms with van der Waals surface area (Å²) >= 11 is 1.32. The number of para-hydroxylation sites is 3. The average Bonchev–Trinajstić information content (AvgIpc) is 3.46. The van der Waals surface area contributed by atoms with Crippen molar-refractivity contribution in [3.05, 3.63) is 70.9 Å². The second-order valence-electron chi connectivity index (χ2n) is 8.52. The number of rotatable bonds is 10. The number of aromatic nitrogens is 3. The Labute approximate surface area is 213 Å². The number of hydrogen-bond donors (Lipinski definition) is 1. The monoisotopic (exact) mass is 501 g/mol. The first-order valence-corrected chi connectivity index (χ1v) is 12.4. The molecular formula is C27H27N5O3S. The third-order valence-corrected chi connectivity index (χ3v) is 6.27. The fourth-order valence-corrected chi connectivity index (χ4v) is 4.72. The Hall–Kier alpha value is -4.16. The minimum atomic E-state index is -0.513. The molecule has 2 heterocycles. The van der Waals surface area contributed by atoms with Crippen molar-refractivity contribution in [1.82, 2.24) is 14.8 Å². The Kier molecular flexibility index (Phi) is 7.98. The van der Waals surface area contributed by atoms with Gasteiger partial charge in [-0.05, 0) is 30.2 Å². The molecule has 184 valence electrons. The van der Waals surface area contributed by atoms with Crippen molar-refractivity contribution in [3.8, 4) is 17.6 Å². The predicted octanol–water partition coefficient (Wildman–Crippen LogP) is 5.32. The number of anilines is 1. The zero-order valence-corrected chi connectivity index (χ0v) is 21.2. The van der Waals surface area contributed by atoms with Crippen LogP contribution in [-0.4, -0.2) is 34.4 Å². The maximum absolute atomic E-state index is 12.8. The van der Waals surface area contributed by atoms with E-state index in [0.29, 0.717) is 35.7 Å². The van der Waals surface area contributed by atoms with Gasteiger partial charge in [0.25, 0.3) is 5.91 Å². The lowest BCUT2D eigenvalue weighted by atomic mass is 10.1. The van der Waals surface area contributed by atoms with E-state index in [9.17, 15) is 10.1 Å². The van der Waals surface area contributed by atoms with Crippen LogP contribution in [0.25, 0.3) is 17.0 Å². The molecule has 0 aliphatic carbocycles. The van der Waals surface area contributed by atoms with Crippen LogP contribution in [0.5, 0.6) is 11.5 Å². The van der Waals surface area contributed by atoms with E-state index in [1.807, 2.05) is 65.4 Å². The van der Waals surface area contributed by atoms with Gasteiger partial charge in [-0.1, -0.05) is 55.5 Å². The van der Waals surface area contributed by atoms with E-state index in [1.165, 1.54) is 11.3 Å². The Morgan fingerprint density at radius 2 is 1.92 bits per heavy atom.